The third kappa shape index (κ3) is 4.61. The summed E-state index contributed by atoms with van der Waals surface area (Å²) in [5.74, 6) is 0.541. The Kier molecular flexibility index (Phi) is 5.88. The molecule has 1 atom stereocenters. The highest BCUT2D eigenvalue weighted by molar-refractivity contribution is 6.31. The average molecular weight is 311 g/mol. The molecule has 4 nitrogen and oxygen atoms in total. The molecule has 1 unspecified atom stereocenters. The van der Waals surface area contributed by atoms with Crippen LogP contribution in [-0.4, -0.2) is 25.1 Å². The van der Waals surface area contributed by atoms with Crippen LogP contribution in [0.3, 0.4) is 0 Å². The Labute approximate surface area is 131 Å². The summed E-state index contributed by atoms with van der Waals surface area (Å²) in [6, 6.07) is 5.39. The van der Waals surface area contributed by atoms with Crippen LogP contribution in [0.5, 0.6) is 5.75 Å². The van der Waals surface area contributed by atoms with Crippen LogP contribution in [0.15, 0.2) is 18.2 Å². The number of amides is 1. The maximum absolute atomic E-state index is 12.3. The molecule has 1 saturated carbocycles. The number of benzene rings is 1. The first-order valence-electron chi connectivity index (χ1n) is 7.50. The molecule has 116 valence electrons. The molecule has 0 spiro atoms. The van der Waals surface area contributed by atoms with E-state index in [9.17, 15) is 4.79 Å². The lowest BCUT2D eigenvalue weighted by Crippen LogP contribution is -2.44. The van der Waals surface area contributed by atoms with Crippen LogP contribution in [0.2, 0.25) is 5.02 Å². The zero-order chi connectivity index (χ0) is 15.2. The number of methoxy groups -OCH3 is 1. The SMILES string of the molecule is COc1ccc(Cl)cc1NC(=O)C(C)NC1CCCCC1. The third-order valence-corrected chi connectivity index (χ3v) is 4.14. The number of hydrogen-bond acceptors (Lipinski definition) is 3. The van der Waals surface area contributed by atoms with Crippen LogP contribution in [0.25, 0.3) is 0 Å². The van der Waals surface area contributed by atoms with Crippen molar-refractivity contribution in [2.24, 2.45) is 0 Å². The van der Waals surface area contributed by atoms with Gasteiger partial charge in [0.1, 0.15) is 5.75 Å². The normalized spacial score (nSPS) is 17.3. The van der Waals surface area contributed by atoms with Gasteiger partial charge in [0.05, 0.1) is 18.8 Å². The molecule has 1 aromatic carbocycles. The minimum atomic E-state index is -0.239. The van der Waals surface area contributed by atoms with E-state index < -0.39 is 0 Å². The van der Waals surface area contributed by atoms with E-state index in [-0.39, 0.29) is 11.9 Å². The lowest BCUT2D eigenvalue weighted by atomic mass is 9.95. The molecule has 5 heteroatoms. The fourth-order valence-corrected chi connectivity index (χ4v) is 2.89. The molecule has 0 heterocycles. The van der Waals surface area contributed by atoms with Crippen molar-refractivity contribution >= 4 is 23.2 Å². The number of rotatable bonds is 5. The standard InChI is InChI=1S/C16H23ClN2O2/c1-11(18-13-6-4-3-5-7-13)16(20)19-14-10-12(17)8-9-15(14)21-2/h8-11,13,18H,3-7H2,1-2H3,(H,19,20). The summed E-state index contributed by atoms with van der Waals surface area (Å²) in [4.78, 5) is 12.3. The first-order chi connectivity index (χ1) is 10.1. The van der Waals surface area contributed by atoms with Gasteiger partial charge < -0.3 is 15.4 Å². The Balaban J connectivity index is 1.95. The van der Waals surface area contributed by atoms with Gasteiger partial charge in [-0.05, 0) is 38.0 Å². The van der Waals surface area contributed by atoms with E-state index in [1.807, 2.05) is 6.92 Å². The molecule has 0 aromatic heterocycles. The van der Waals surface area contributed by atoms with Crippen LogP contribution in [-0.2, 0) is 4.79 Å². The van der Waals surface area contributed by atoms with Crippen LogP contribution in [0, 0.1) is 0 Å². The van der Waals surface area contributed by atoms with E-state index in [0.717, 1.165) is 12.8 Å². The summed E-state index contributed by atoms with van der Waals surface area (Å²) in [7, 11) is 1.57. The van der Waals surface area contributed by atoms with Crippen LogP contribution in [0.4, 0.5) is 5.69 Å². The van der Waals surface area contributed by atoms with Crippen molar-refractivity contribution < 1.29 is 9.53 Å². The topological polar surface area (TPSA) is 50.4 Å². The summed E-state index contributed by atoms with van der Waals surface area (Å²) in [5.41, 5.74) is 0.604. The molecule has 0 bridgehead atoms. The molecule has 1 aromatic rings. The van der Waals surface area contributed by atoms with E-state index in [4.69, 9.17) is 16.3 Å². The van der Waals surface area contributed by atoms with E-state index >= 15 is 0 Å². The van der Waals surface area contributed by atoms with Crippen molar-refractivity contribution in [1.82, 2.24) is 5.32 Å². The number of hydrogen-bond donors (Lipinski definition) is 2. The van der Waals surface area contributed by atoms with Crippen LogP contribution >= 0.6 is 11.6 Å². The minimum absolute atomic E-state index is 0.0684. The van der Waals surface area contributed by atoms with Crippen LogP contribution in [0.1, 0.15) is 39.0 Å². The average Bonchev–Trinajstić information content (AvgIpc) is 2.48. The van der Waals surface area contributed by atoms with E-state index in [0.29, 0.717) is 22.5 Å². The molecular weight excluding hydrogens is 288 g/mol. The Bertz CT molecular complexity index is 487. The molecule has 0 radical (unpaired) electrons. The van der Waals surface area contributed by atoms with Gasteiger partial charge in [-0.2, -0.15) is 0 Å². The highest BCUT2D eigenvalue weighted by Crippen LogP contribution is 2.27. The van der Waals surface area contributed by atoms with Gasteiger partial charge in [0.15, 0.2) is 0 Å². The number of carbonyl (C=O) groups is 1. The van der Waals surface area contributed by atoms with E-state index in [2.05, 4.69) is 10.6 Å². The number of anilines is 1. The monoisotopic (exact) mass is 310 g/mol. The Morgan fingerprint density at radius 1 is 1.33 bits per heavy atom. The van der Waals surface area contributed by atoms with E-state index in [1.165, 1.54) is 19.3 Å². The molecule has 1 aliphatic carbocycles. The van der Waals surface area contributed by atoms with Gasteiger partial charge in [-0.1, -0.05) is 30.9 Å². The zero-order valence-electron chi connectivity index (χ0n) is 12.6. The Morgan fingerprint density at radius 3 is 2.71 bits per heavy atom. The predicted molar refractivity (Wildman–Crippen MR) is 86.1 cm³/mol. The summed E-state index contributed by atoms with van der Waals surface area (Å²) in [6.07, 6.45) is 6.09. The fraction of sp³-hybridized carbons (Fsp3) is 0.562. The van der Waals surface area contributed by atoms with Crippen molar-refractivity contribution in [2.45, 2.75) is 51.1 Å². The van der Waals surface area contributed by atoms with Crippen LogP contribution < -0.4 is 15.4 Å². The lowest BCUT2D eigenvalue weighted by molar-refractivity contribution is -0.118. The Morgan fingerprint density at radius 2 is 2.05 bits per heavy atom. The fourth-order valence-electron chi connectivity index (χ4n) is 2.72. The number of nitrogens with one attached hydrogen (secondary N) is 2. The molecule has 2 N–H and O–H groups in total. The summed E-state index contributed by atoms with van der Waals surface area (Å²) in [6.45, 7) is 1.89. The summed E-state index contributed by atoms with van der Waals surface area (Å²) in [5, 5.41) is 6.85. The smallest absolute Gasteiger partial charge is 0.241 e. The molecule has 2 rings (SSSR count). The van der Waals surface area contributed by atoms with Gasteiger partial charge in [-0.15, -0.1) is 0 Å². The second-order valence-electron chi connectivity index (χ2n) is 5.56. The van der Waals surface area contributed by atoms with Gasteiger partial charge in [-0.25, -0.2) is 0 Å². The van der Waals surface area contributed by atoms with Gasteiger partial charge in [0.25, 0.3) is 0 Å². The molecule has 0 saturated heterocycles. The van der Waals surface area contributed by atoms with Crippen molar-refractivity contribution in [1.29, 1.82) is 0 Å². The highest BCUT2D eigenvalue weighted by Gasteiger charge is 2.20. The minimum Gasteiger partial charge on any atom is -0.495 e. The van der Waals surface area contributed by atoms with Crippen molar-refractivity contribution in [3.8, 4) is 5.75 Å². The largest absolute Gasteiger partial charge is 0.495 e. The quantitative estimate of drug-likeness (QED) is 0.873. The van der Waals surface area contributed by atoms with Gasteiger partial charge in [0.2, 0.25) is 5.91 Å². The summed E-state index contributed by atoms with van der Waals surface area (Å²) < 4.78 is 5.24. The van der Waals surface area contributed by atoms with Gasteiger partial charge >= 0.3 is 0 Å². The third-order valence-electron chi connectivity index (χ3n) is 3.90. The first-order valence-corrected chi connectivity index (χ1v) is 7.88. The first kappa shape index (κ1) is 16.1. The molecular formula is C16H23ClN2O2. The van der Waals surface area contributed by atoms with Crippen molar-refractivity contribution in [3.63, 3.8) is 0 Å². The second-order valence-corrected chi connectivity index (χ2v) is 5.99. The van der Waals surface area contributed by atoms with Gasteiger partial charge in [0, 0.05) is 11.1 Å². The maximum Gasteiger partial charge on any atom is 0.241 e. The maximum atomic E-state index is 12.3. The molecule has 21 heavy (non-hydrogen) atoms. The molecule has 1 aliphatic rings. The Hall–Kier alpha value is -1.26. The van der Waals surface area contributed by atoms with Gasteiger partial charge in [-0.3, -0.25) is 4.79 Å². The number of halogens is 1. The zero-order valence-corrected chi connectivity index (χ0v) is 13.4. The predicted octanol–water partition coefficient (Wildman–Crippen LogP) is 3.60. The number of carbonyl (C=O) groups excluding carboxylic acids is 1. The lowest BCUT2D eigenvalue weighted by Gasteiger charge is -2.26. The van der Waals surface area contributed by atoms with E-state index in [1.54, 1.807) is 25.3 Å². The van der Waals surface area contributed by atoms with Crippen molar-refractivity contribution in [3.05, 3.63) is 23.2 Å². The summed E-state index contributed by atoms with van der Waals surface area (Å²) >= 11 is 5.97. The van der Waals surface area contributed by atoms with Crippen molar-refractivity contribution in [2.75, 3.05) is 12.4 Å². The molecule has 1 amide bonds. The number of ether oxygens (including phenoxy) is 1. The highest BCUT2D eigenvalue weighted by atomic mass is 35.5. The molecule has 0 aliphatic heterocycles. The second kappa shape index (κ2) is 7.66. The molecule has 1 fully saturated rings.